The minimum absolute atomic E-state index is 0.137. The highest BCUT2D eigenvalue weighted by Crippen LogP contribution is 2.28. The third-order valence-electron chi connectivity index (χ3n) is 5.21. The Labute approximate surface area is 129 Å². The van der Waals surface area contributed by atoms with E-state index in [0.29, 0.717) is 12.0 Å². The normalized spacial score (nSPS) is 34.6. The molecule has 0 aromatic carbocycles. The van der Waals surface area contributed by atoms with Crippen LogP contribution in [0.5, 0.6) is 0 Å². The largest absolute Gasteiger partial charge is 0.356 e. The van der Waals surface area contributed by atoms with E-state index in [4.69, 9.17) is 5.73 Å². The Bertz CT molecular complexity index is 324. The molecule has 4 atom stereocenters. The second-order valence-corrected chi connectivity index (χ2v) is 7.29. The van der Waals surface area contributed by atoms with E-state index in [2.05, 4.69) is 24.1 Å². The van der Waals surface area contributed by atoms with Gasteiger partial charge in [0.1, 0.15) is 0 Å². The van der Waals surface area contributed by atoms with Crippen LogP contribution in [0.2, 0.25) is 0 Å². The minimum atomic E-state index is 0.137. The van der Waals surface area contributed by atoms with Crippen LogP contribution in [0, 0.1) is 11.8 Å². The van der Waals surface area contributed by atoms with E-state index < -0.39 is 0 Å². The van der Waals surface area contributed by atoms with Crippen LogP contribution in [0.15, 0.2) is 0 Å². The molecule has 0 aromatic rings. The summed E-state index contributed by atoms with van der Waals surface area (Å²) in [7, 11) is 0. The molecule has 4 heteroatoms. The molecule has 2 aliphatic rings. The SMILES string of the molecule is CC1CC(N)CC(C(=O)NCCCN2CCCCC2C)C1. The topological polar surface area (TPSA) is 58.4 Å². The quantitative estimate of drug-likeness (QED) is 0.764. The Morgan fingerprint density at radius 1 is 1.24 bits per heavy atom. The summed E-state index contributed by atoms with van der Waals surface area (Å²) < 4.78 is 0. The van der Waals surface area contributed by atoms with Gasteiger partial charge in [-0.15, -0.1) is 0 Å². The van der Waals surface area contributed by atoms with Gasteiger partial charge in [-0.2, -0.15) is 0 Å². The van der Waals surface area contributed by atoms with Crippen LogP contribution >= 0.6 is 0 Å². The van der Waals surface area contributed by atoms with E-state index in [0.717, 1.165) is 38.8 Å². The molecule has 1 saturated heterocycles. The Hall–Kier alpha value is -0.610. The van der Waals surface area contributed by atoms with Gasteiger partial charge in [-0.25, -0.2) is 0 Å². The van der Waals surface area contributed by atoms with Crippen molar-refractivity contribution in [2.24, 2.45) is 17.6 Å². The molecule has 1 aliphatic carbocycles. The molecule has 21 heavy (non-hydrogen) atoms. The monoisotopic (exact) mass is 295 g/mol. The molecule has 122 valence electrons. The van der Waals surface area contributed by atoms with Gasteiger partial charge >= 0.3 is 0 Å². The fourth-order valence-corrected chi connectivity index (χ4v) is 4.00. The van der Waals surface area contributed by atoms with Gasteiger partial charge in [-0.05, 0) is 57.9 Å². The molecule has 3 N–H and O–H groups in total. The number of rotatable bonds is 5. The summed E-state index contributed by atoms with van der Waals surface area (Å²) in [6.45, 7) is 7.67. The molecule has 1 heterocycles. The highest BCUT2D eigenvalue weighted by atomic mass is 16.1. The number of piperidine rings is 1. The van der Waals surface area contributed by atoms with Gasteiger partial charge in [-0.1, -0.05) is 13.3 Å². The number of carbonyl (C=O) groups is 1. The fourth-order valence-electron chi connectivity index (χ4n) is 4.00. The lowest BCUT2D eigenvalue weighted by Crippen LogP contribution is -2.42. The van der Waals surface area contributed by atoms with Gasteiger partial charge < -0.3 is 16.0 Å². The summed E-state index contributed by atoms with van der Waals surface area (Å²) >= 11 is 0. The van der Waals surface area contributed by atoms with E-state index in [1.165, 1.54) is 25.8 Å². The number of hydrogen-bond acceptors (Lipinski definition) is 3. The molecule has 1 aliphatic heterocycles. The van der Waals surface area contributed by atoms with Gasteiger partial charge in [0, 0.05) is 31.1 Å². The van der Waals surface area contributed by atoms with Crippen LogP contribution in [0.25, 0.3) is 0 Å². The van der Waals surface area contributed by atoms with E-state index >= 15 is 0 Å². The zero-order valence-electron chi connectivity index (χ0n) is 13.8. The van der Waals surface area contributed by atoms with E-state index in [-0.39, 0.29) is 17.9 Å². The van der Waals surface area contributed by atoms with Gasteiger partial charge in [0.2, 0.25) is 5.91 Å². The van der Waals surface area contributed by atoms with Crippen molar-refractivity contribution >= 4 is 5.91 Å². The van der Waals surface area contributed by atoms with Crippen molar-refractivity contribution in [1.29, 1.82) is 0 Å². The average molecular weight is 295 g/mol. The van der Waals surface area contributed by atoms with Crippen LogP contribution in [-0.4, -0.2) is 42.5 Å². The third kappa shape index (κ3) is 5.26. The molecular formula is C17H33N3O. The summed E-state index contributed by atoms with van der Waals surface area (Å²) in [6, 6.07) is 0.922. The van der Waals surface area contributed by atoms with Gasteiger partial charge in [0.15, 0.2) is 0 Å². The second-order valence-electron chi connectivity index (χ2n) is 7.29. The maximum Gasteiger partial charge on any atom is 0.223 e. The summed E-state index contributed by atoms with van der Waals surface area (Å²) in [5.74, 6) is 0.944. The van der Waals surface area contributed by atoms with Crippen LogP contribution in [0.4, 0.5) is 0 Å². The Balaban J connectivity index is 1.62. The zero-order valence-corrected chi connectivity index (χ0v) is 13.8. The lowest BCUT2D eigenvalue weighted by Gasteiger charge is -2.33. The van der Waals surface area contributed by atoms with E-state index in [1.54, 1.807) is 0 Å². The van der Waals surface area contributed by atoms with Gasteiger partial charge in [0.05, 0.1) is 0 Å². The molecule has 0 bridgehead atoms. The number of amides is 1. The number of carbonyl (C=O) groups excluding carboxylic acids is 1. The number of nitrogens with two attached hydrogens (primary N) is 1. The van der Waals surface area contributed by atoms with Crippen molar-refractivity contribution in [1.82, 2.24) is 10.2 Å². The van der Waals surface area contributed by atoms with E-state index in [9.17, 15) is 4.79 Å². The first-order valence-corrected chi connectivity index (χ1v) is 8.83. The fraction of sp³-hybridized carbons (Fsp3) is 0.941. The first-order chi connectivity index (χ1) is 10.1. The highest BCUT2D eigenvalue weighted by Gasteiger charge is 2.29. The predicted octanol–water partition coefficient (Wildman–Crippen LogP) is 2.13. The van der Waals surface area contributed by atoms with Crippen molar-refractivity contribution in [2.45, 2.75) is 70.9 Å². The predicted molar refractivity (Wildman–Crippen MR) is 87.0 cm³/mol. The maximum absolute atomic E-state index is 12.2. The molecule has 2 rings (SSSR count). The molecule has 1 saturated carbocycles. The standard InChI is InChI=1S/C17H33N3O/c1-13-10-15(12-16(18)11-13)17(21)19-7-5-9-20-8-4-3-6-14(20)2/h13-16H,3-12,18H2,1-2H3,(H,19,21). The van der Waals surface area contributed by atoms with E-state index in [1.807, 2.05) is 0 Å². The van der Waals surface area contributed by atoms with Crippen LogP contribution in [0.3, 0.4) is 0 Å². The zero-order chi connectivity index (χ0) is 15.2. The molecule has 1 amide bonds. The van der Waals surface area contributed by atoms with Crippen molar-refractivity contribution in [3.05, 3.63) is 0 Å². The number of likely N-dealkylation sites (tertiary alicyclic amines) is 1. The molecule has 4 nitrogen and oxygen atoms in total. The summed E-state index contributed by atoms with van der Waals surface area (Å²) in [6.07, 6.45) is 8.01. The van der Waals surface area contributed by atoms with Crippen molar-refractivity contribution in [3.8, 4) is 0 Å². The van der Waals surface area contributed by atoms with Gasteiger partial charge in [-0.3, -0.25) is 4.79 Å². The van der Waals surface area contributed by atoms with Crippen molar-refractivity contribution in [3.63, 3.8) is 0 Å². The van der Waals surface area contributed by atoms with Crippen LogP contribution in [0.1, 0.15) is 58.8 Å². The molecule has 0 aromatic heterocycles. The minimum Gasteiger partial charge on any atom is -0.356 e. The maximum atomic E-state index is 12.2. The highest BCUT2D eigenvalue weighted by molar-refractivity contribution is 5.78. The third-order valence-corrected chi connectivity index (χ3v) is 5.21. The summed E-state index contributed by atoms with van der Waals surface area (Å²) in [5.41, 5.74) is 6.03. The number of nitrogens with one attached hydrogen (secondary N) is 1. The molecule has 4 unspecified atom stereocenters. The lowest BCUT2D eigenvalue weighted by atomic mass is 9.79. The van der Waals surface area contributed by atoms with Crippen LogP contribution in [-0.2, 0) is 4.79 Å². The second kappa shape index (κ2) is 8.14. The number of nitrogens with zero attached hydrogens (tertiary/aromatic N) is 1. The Morgan fingerprint density at radius 2 is 2.05 bits per heavy atom. The van der Waals surface area contributed by atoms with Crippen molar-refractivity contribution < 1.29 is 4.79 Å². The molecular weight excluding hydrogens is 262 g/mol. The molecule has 0 spiro atoms. The average Bonchev–Trinajstić information content (AvgIpc) is 2.44. The number of hydrogen-bond donors (Lipinski definition) is 2. The first kappa shape index (κ1) is 16.8. The van der Waals surface area contributed by atoms with Crippen LogP contribution < -0.4 is 11.1 Å². The van der Waals surface area contributed by atoms with Gasteiger partial charge in [0.25, 0.3) is 0 Å². The smallest absolute Gasteiger partial charge is 0.223 e. The first-order valence-electron chi connectivity index (χ1n) is 8.83. The lowest BCUT2D eigenvalue weighted by molar-refractivity contribution is -0.126. The molecule has 0 radical (unpaired) electrons. The summed E-state index contributed by atoms with van der Waals surface area (Å²) in [5, 5.41) is 3.13. The summed E-state index contributed by atoms with van der Waals surface area (Å²) in [4.78, 5) is 14.8. The Morgan fingerprint density at radius 3 is 2.76 bits per heavy atom. The Kier molecular flexibility index (Phi) is 6.49. The molecule has 2 fully saturated rings. The van der Waals surface area contributed by atoms with Crippen molar-refractivity contribution in [2.75, 3.05) is 19.6 Å².